The minimum atomic E-state index is -0.135. The van der Waals surface area contributed by atoms with E-state index in [2.05, 4.69) is 17.6 Å². The number of anilines is 2. The average Bonchev–Trinajstić information content (AvgIpc) is 2.36. The highest BCUT2D eigenvalue weighted by Crippen LogP contribution is 2.16. The van der Waals surface area contributed by atoms with Crippen LogP contribution in [0.15, 0.2) is 24.3 Å². The fourth-order valence-corrected chi connectivity index (χ4v) is 1.91. The molecule has 0 saturated carbocycles. The summed E-state index contributed by atoms with van der Waals surface area (Å²) in [6.45, 7) is 4.20. The molecule has 0 aliphatic rings. The summed E-state index contributed by atoms with van der Waals surface area (Å²) >= 11 is 0. The third-order valence-electron chi connectivity index (χ3n) is 2.99. The van der Waals surface area contributed by atoms with E-state index < -0.39 is 0 Å². The van der Waals surface area contributed by atoms with E-state index in [-0.39, 0.29) is 11.8 Å². The summed E-state index contributed by atoms with van der Waals surface area (Å²) in [5, 5.41) is 5.51. The Balaban J connectivity index is 2.47. The van der Waals surface area contributed by atoms with Gasteiger partial charge < -0.3 is 16.4 Å². The Hall–Kier alpha value is -1.88. The maximum atomic E-state index is 11.8. The van der Waals surface area contributed by atoms with Crippen LogP contribution < -0.4 is 16.4 Å². The minimum absolute atomic E-state index is 0.0196. The van der Waals surface area contributed by atoms with Gasteiger partial charge in [-0.25, -0.2) is 0 Å². The molecule has 0 radical (unpaired) electrons. The van der Waals surface area contributed by atoms with E-state index in [9.17, 15) is 9.59 Å². The molecule has 0 heterocycles. The van der Waals surface area contributed by atoms with E-state index >= 15 is 0 Å². The van der Waals surface area contributed by atoms with Crippen molar-refractivity contribution in [3.05, 3.63) is 24.3 Å². The number of benzene rings is 1. The molecule has 1 rings (SSSR count). The molecule has 5 nitrogen and oxygen atoms in total. The normalized spacial score (nSPS) is 11.8. The predicted molar refractivity (Wildman–Crippen MR) is 81.4 cm³/mol. The Morgan fingerprint density at radius 3 is 2.45 bits per heavy atom. The van der Waals surface area contributed by atoms with Crippen molar-refractivity contribution in [2.75, 3.05) is 17.2 Å². The van der Waals surface area contributed by atoms with E-state index in [1.54, 1.807) is 24.3 Å². The molecule has 0 aliphatic heterocycles. The van der Waals surface area contributed by atoms with Crippen LogP contribution in [0.5, 0.6) is 0 Å². The standard InChI is InChI=1S/C15H23N3O2/c1-11(8-9-16)6-7-15(20)18-14-5-3-4-13(10-14)17-12(2)19/h3-5,10-11H,6-9,16H2,1-2H3,(H,17,19)(H,18,20). The zero-order valence-electron chi connectivity index (χ0n) is 12.1. The van der Waals surface area contributed by atoms with Gasteiger partial charge in [0.2, 0.25) is 11.8 Å². The van der Waals surface area contributed by atoms with Gasteiger partial charge in [-0.15, -0.1) is 0 Å². The molecule has 0 spiro atoms. The van der Waals surface area contributed by atoms with Gasteiger partial charge in [0.25, 0.3) is 0 Å². The molecule has 1 unspecified atom stereocenters. The molecule has 20 heavy (non-hydrogen) atoms. The van der Waals surface area contributed by atoms with Crippen molar-refractivity contribution in [3.8, 4) is 0 Å². The first-order chi connectivity index (χ1) is 9.51. The second-order valence-corrected chi connectivity index (χ2v) is 5.03. The molecule has 5 heteroatoms. The fourth-order valence-electron chi connectivity index (χ4n) is 1.91. The number of amides is 2. The predicted octanol–water partition coefficient (Wildman–Crippen LogP) is 2.35. The topological polar surface area (TPSA) is 84.2 Å². The van der Waals surface area contributed by atoms with Crippen molar-refractivity contribution in [1.29, 1.82) is 0 Å². The quantitative estimate of drug-likeness (QED) is 0.715. The number of carbonyl (C=O) groups excluding carboxylic acids is 2. The van der Waals surface area contributed by atoms with Gasteiger partial charge >= 0.3 is 0 Å². The van der Waals surface area contributed by atoms with E-state index in [1.807, 2.05) is 0 Å². The van der Waals surface area contributed by atoms with Gasteiger partial charge in [0, 0.05) is 24.7 Å². The molecule has 0 saturated heterocycles. The van der Waals surface area contributed by atoms with Gasteiger partial charge in [-0.3, -0.25) is 9.59 Å². The molecule has 1 aromatic rings. The smallest absolute Gasteiger partial charge is 0.224 e. The third kappa shape index (κ3) is 6.33. The average molecular weight is 277 g/mol. The number of hydrogen-bond donors (Lipinski definition) is 3. The van der Waals surface area contributed by atoms with Crippen LogP contribution in [0.3, 0.4) is 0 Å². The van der Waals surface area contributed by atoms with Crippen molar-refractivity contribution in [2.24, 2.45) is 11.7 Å². The zero-order chi connectivity index (χ0) is 15.0. The lowest BCUT2D eigenvalue weighted by Gasteiger charge is -2.10. The number of rotatable bonds is 7. The molecule has 1 aromatic carbocycles. The lowest BCUT2D eigenvalue weighted by Crippen LogP contribution is -2.14. The first-order valence-electron chi connectivity index (χ1n) is 6.89. The number of hydrogen-bond acceptors (Lipinski definition) is 3. The number of carbonyl (C=O) groups is 2. The molecule has 0 fully saturated rings. The van der Waals surface area contributed by atoms with Crippen molar-refractivity contribution in [3.63, 3.8) is 0 Å². The number of nitrogens with one attached hydrogen (secondary N) is 2. The van der Waals surface area contributed by atoms with Gasteiger partial charge in [-0.1, -0.05) is 13.0 Å². The minimum Gasteiger partial charge on any atom is -0.330 e. The summed E-state index contributed by atoms with van der Waals surface area (Å²) in [6.07, 6.45) is 2.24. The Morgan fingerprint density at radius 1 is 1.20 bits per heavy atom. The van der Waals surface area contributed by atoms with Crippen LogP contribution in [0.2, 0.25) is 0 Å². The van der Waals surface area contributed by atoms with Crippen molar-refractivity contribution < 1.29 is 9.59 Å². The van der Waals surface area contributed by atoms with Crippen LogP contribution in [0.1, 0.15) is 33.1 Å². The molecule has 0 aliphatic carbocycles. The molecule has 4 N–H and O–H groups in total. The summed E-state index contributed by atoms with van der Waals surface area (Å²) < 4.78 is 0. The van der Waals surface area contributed by atoms with Gasteiger partial charge in [-0.05, 0) is 43.5 Å². The van der Waals surface area contributed by atoms with Crippen LogP contribution in [0, 0.1) is 5.92 Å². The highest BCUT2D eigenvalue weighted by Gasteiger charge is 2.07. The molecule has 0 bridgehead atoms. The summed E-state index contributed by atoms with van der Waals surface area (Å²) in [4.78, 5) is 22.8. The van der Waals surface area contributed by atoms with Crippen LogP contribution in [-0.4, -0.2) is 18.4 Å². The zero-order valence-corrected chi connectivity index (χ0v) is 12.1. The second kappa shape index (κ2) is 8.32. The van der Waals surface area contributed by atoms with Crippen LogP contribution in [-0.2, 0) is 9.59 Å². The molecule has 0 aromatic heterocycles. The molecule has 2 amide bonds. The first-order valence-corrected chi connectivity index (χ1v) is 6.89. The lowest BCUT2D eigenvalue weighted by atomic mass is 10.0. The van der Waals surface area contributed by atoms with Crippen LogP contribution in [0.4, 0.5) is 11.4 Å². The van der Waals surface area contributed by atoms with E-state index in [4.69, 9.17) is 5.73 Å². The van der Waals surface area contributed by atoms with E-state index in [1.165, 1.54) is 6.92 Å². The van der Waals surface area contributed by atoms with Gasteiger partial charge in [-0.2, -0.15) is 0 Å². The maximum Gasteiger partial charge on any atom is 0.224 e. The highest BCUT2D eigenvalue weighted by atomic mass is 16.2. The van der Waals surface area contributed by atoms with E-state index in [0.29, 0.717) is 30.3 Å². The fraction of sp³-hybridized carbons (Fsp3) is 0.467. The molecular formula is C15H23N3O2. The van der Waals surface area contributed by atoms with Crippen molar-refractivity contribution >= 4 is 23.2 Å². The lowest BCUT2D eigenvalue weighted by molar-refractivity contribution is -0.116. The van der Waals surface area contributed by atoms with E-state index in [0.717, 1.165) is 12.8 Å². The first kappa shape index (κ1) is 16.2. The Kier molecular flexibility index (Phi) is 6.73. The van der Waals surface area contributed by atoms with Gasteiger partial charge in [0.15, 0.2) is 0 Å². The van der Waals surface area contributed by atoms with Crippen LogP contribution >= 0.6 is 0 Å². The molecule has 1 atom stereocenters. The highest BCUT2D eigenvalue weighted by molar-refractivity contribution is 5.93. The van der Waals surface area contributed by atoms with Crippen molar-refractivity contribution in [1.82, 2.24) is 0 Å². The summed E-state index contributed by atoms with van der Waals surface area (Å²) in [5.74, 6) is 0.300. The largest absolute Gasteiger partial charge is 0.330 e. The summed E-state index contributed by atoms with van der Waals surface area (Å²) in [6, 6.07) is 7.10. The Bertz CT molecular complexity index is 460. The van der Waals surface area contributed by atoms with Gasteiger partial charge in [0.05, 0.1) is 0 Å². The molecular weight excluding hydrogens is 254 g/mol. The second-order valence-electron chi connectivity index (χ2n) is 5.03. The summed E-state index contributed by atoms with van der Waals surface area (Å²) in [5.41, 5.74) is 6.84. The molecule has 110 valence electrons. The Morgan fingerprint density at radius 2 is 1.85 bits per heavy atom. The Labute approximate surface area is 119 Å². The third-order valence-corrected chi connectivity index (χ3v) is 2.99. The summed E-state index contributed by atoms with van der Waals surface area (Å²) in [7, 11) is 0. The monoisotopic (exact) mass is 277 g/mol. The van der Waals surface area contributed by atoms with Gasteiger partial charge in [0.1, 0.15) is 0 Å². The maximum absolute atomic E-state index is 11.8. The SMILES string of the molecule is CC(=O)Nc1cccc(NC(=O)CCC(C)CCN)c1. The van der Waals surface area contributed by atoms with Crippen LogP contribution in [0.25, 0.3) is 0 Å². The number of nitrogens with two attached hydrogens (primary N) is 1. The van der Waals surface area contributed by atoms with Crippen molar-refractivity contribution in [2.45, 2.75) is 33.1 Å².